The lowest BCUT2D eigenvalue weighted by atomic mass is 10.0. The van der Waals surface area contributed by atoms with Crippen molar-refractivity contribution in [1.82, 2.24) is 4.90 Å². The van der Waals surface area contributed by atoms with Gasteiger partial charge in [0.05, 0.1) is 0 Å². The van der Waals surface area contributed by atoms with E-state index in [9.17, 15) is 0 Å². The van der Waals surface area contributed by atoms with E-state index in [0.29, 0.717) is 6.04 Å². The average Bonchev–Trinajstić information content (AvgIpc) is 2.50. The molecule has 1 heterocycles. The molecule has 1 aliphatic heterocycles. The van der Waals surface area contributed by atoms with Crippen molar-refractivity contribution in [2.75, 3.05) is 13.1 Å². The first-order valence-electron chi connectivity index (χ1n) is 6.80. The van der Waals surface area contributed by atoms with Crippen LogP contribution >= 0.6 is 0 Å². The van der Waals surface area contributed by atoms with E-state index in [2.05, 4.69) is 36.1 Å². The zero-order chi connectivity index (χ0) is 12.1. The quantitative estimate of drug-likeness (QED) is 0.864. The largest absolute Gasteiger partial charge is 0.328 e. The molecule has 0 fully saturated rings. The summed E-state index contributed by atoms with van der Waals surface area (Å²) in [6.45, 7) is 5.64. The molecule has 94 valence electrons. The van der Waals surface area contributed by atoms with E-state index < -0.39 is 0 Å². The molecule has 0 bridgehead atoms. The minimum absolute atomic E-state index is 0.342. The van der Waals surface area contributed by atoms with Gasteiger partial charge in [-0.3, -0.25) is 4.90 Å². The highest BCUT2D eigenvalue weighted by atomic mass is 15.1. The SMILES string of the molecule is CC(N)CCCN1CCCc2ccccc2C1. The first-order valence-corrected chi connectivity index (χ1v) is 6.80. The smallest absolute Gasteiger partial charge is 0.0236 e. The summed E-state index contributed by atoms with van der Waals surface area (Å²) in [7, 11) is 0. The number of nitrogens with two attached hydrogens (primary N) is 1. The molecule has 1 aromatic carbocycles. The Morgan fingerprint density at radius 1 is 1.29 bits per heavy atom. The molecule has 2 nitrogen and oxygen atoms in total. The van der Waals surface area contributed by atoms with Gasteiger partial charge in [-0.2, -0.15) is 0 Å². The molecule has 2 rings (SSSR count). The van der Waals surface area contributed by atoms with Crippen LogP contribution in [-0.2, 0) is 13.0 Å². The van der Waals surface area contributed by atoms with Crippen LogP contribution in [0.25, 0.3) is 0 Å². The van der Waals surface area contributed by atoms with Crippen LogP contribution in [0.1, 0.15) is 37.3 Å². The van der Waals surface area contributed by atoms with Crippen molar-refractivity contribution in [1.29, 1.82) is 0 Å². The Morgan fingerprint density at radius 3 is 2.82 bits per heavy atom. The van der Waals surface area contributed by atoms with Crippen LogP contribution in [0.5, 0.6) is 0 Å². The molecule has 1 aromatic rings. The van der Waals surface area contributed by atoms with Crippen LogP contribution in [0, 0.1) is 0 Å². The predicted molar refractivity (Wildman–Crippen MR) is 72.9 cm³/mol. The highest BCUT2D eigenvalue weighted by molar-refractivity contribution is 5.27. The first-order chi connectivity index (χ1) is 8.25. The number of nitrogens with zero attached hydrogens (tertiary/aromatic N) is 1. The van der Waals surface area contributed by atoms with E-state index in [1.54, 1.807) is 5.56 Å². The molecule has 0 spiro atoms. The fraction of sp³-hybridized carbons (Fsp3) is 0.600. The molecule has 0 amide bonds. The van der Waals surface area contributed by atoms with Gasteiger partial charge in [0.2, 0.25) is 0 Å². The molecule has 0 saturated heterocycles. The van der Waals surface area contributed by atoms with Crippen molar-refractivity contribution in [3.05, 3.63) is 35.4 Å². The Balaban J connectivity index is 1.89. The number of rotatable bonds is 4. The molecule has 0 radical (unpaired) electrons. The normalized spacial score (nSPS) is 18.5. The summed E-state index contributed by atoms with van der Waals surface area (Å²) in [4.78, 5) is 2.58. The highest BCUT2D eigenvalue weighted by Gasteiger charge is 2.13. The van der Waals surface area contributed by atoms with Crippen LogP contribution in [0.3, 0.4) is 0 Å². The van der Waals surface area contributed by atoms with Crippen molar-refractivity contribution in [3.63, 3.8) is 0 Å². The Hall–Kier alpha value is -0.860. The van der Waals surface area contributed by atoms with Gasteiger partial charge in [-0.1, -0.05) is 24.3 Å². The molecular weight excluding hydrogens is 208 g/mol. The maximum absolute atomic E-state index is 5.80. The van der Waals surface area contributed by atoms with Gasteiger partial charge in [0.25, 0.3) is 0 Å². The number of fused-ring (bicyclic) bond motifs is 1. The lowest BCUT2D eigenvalue weighted by Gasteiger charge is -2.20. The third-order valence-electron chi connectivity index (χ3n) is 3.57. The molecule has 1 atom stereocenters. The van der Waals surface area contributed by atoms with Gasteiger partial charge in [-0.05, 0) is 56.8 Å². The van der Waals surface area contributed by atoms with E-state index in [1.807, 2.05) is 0 Å². The summed E-state index contributed by atoms with van der Waals surface area (Å²) in [6.07, 6.45) is 4.88. The Kier molecular flexibility index (Phi) is 4.57. The fourth-order valence-corrected chi connectivity index (χ4v) is 2.60. The molecule has 0 saturated carbocycles. The molecule has 2 heteroatoms. The van der Waals surface area contributed by atoms with E-state index in [1.165, 1.54) is 37.9 Å². The van der Waals surface area contributed by atoms with Gasteiger partial charge < -0.3 is 5.73 Å². The molecule has 2 N–H and O–H groups in total. The van der Waals surface area contributed by atoms with Crippen molar-refractivity contribution in [3.8, 4) is 0 Å². The average molecular weight is 232 g/mol. The van der Waals surface area contributed by atoms with E-state index >= 15 is 0 Å². The van der Waals surface area contributed by atoms with Gasteiger partial charge in [0, 0.05) is 12.6 Å². The third-order valence-corrected chi connectivity index (χ3v) is 3.57. The maximum atomic E-state index is 5.80. The number of benzene rings is 1. The van der Waals surface area contributed by atoms with E-state index in [0.717, 1.165) is 13.0 Å². The topological polar surface area (TPSA) is 29.3 Å². The van der Waals surface area contributed by atoms with Gasteiger partial charge in [0.1, 0.15) is 0 Å². The van der Waals surface area contributed by atoms with Crippen molar-refractivity contribution in [2.24, 2.45) is 5.73 Å². The van der Waals surface area contributed by atoms with Crippen LogP contribution in [-0.4, -0.2) is 24.0 Å². The maximum Gasteiger partial charge on any atom is 0.0236 e. The highest BCUT2D eigenvalue weighted by Crippen LogP contribution is 2.18. The van der Waals surface area contributed by atoms with Crippen LogP contribution < -0.4 is 5.73 Å². The van der Waals surface area contributed by atoms with Crippen molar-refractivity contribution in [2.45, 2.75) is 45.2 Å². The molecule has 1 aliphatic rings. The number of hydrogen-bond donors (Lipinski definition) is 1. The standard InChI is InChI=1S/C15H24N2/c1-13(16)6-4-10-17-11-5-9-14-7-2-3-8-15(14)12-17/h2-3,7-8,13H,4-6,9-12,16H2,1H3. The van der Waals surface area contributed by atoms with Gasteiger partial charge in [0.15, 0.2) is 0 Å². The molecule has 1 unspecified atom stereocenters. The number of aryl methyl sites for hydroxylation is 1. The molecular formula is C15H24N2. The molecule has 0 aromatic heterocycles. The zero-order valence-corrected chi connectivity index (χ0v) is 10.9. The van der Waals surface area contributed by atoms with Gasteiger partial charge in [-0.25, -0.2) is 0 Å². The second kappa shape index (κ2) is 6.18. The second-order valence-corrected chi connectivity index (χ2v) is 5.27. The Morgan fingerprint density at radius 2 is 2.06 bits per heavy atom. The minimum Gasteiger partial charge on any atom is -0.328 e. The van der Waals surface area contributed by atoms with Crippen LogP contribution in [0.2, 0.25) is 0 Å². The summed E-state index contributed by atoms with van der Waals surface area (Å²) in [5, 5.41) is 0. The second-order valence-electron chi connectivity index (χ2n) is 5.27. The monoisotopic (exact) mass is 232 g/mol. The molecule has 17 heavy (non-hydrogen) atoms. The minimum atomic E-state index is 0.342. The van der Waals surface area contributed by atoms with E-state index in [-0.39, 0.29) is 0 Å². The Bertz CT molecular complexity index is 347. The van der Waals surface area contributed by atoms with Crippen molar-refractivity contribution >= 4 is 0 Å². The summed E-state index contributed by atoms with van der Waals surface area (Å²) in [6, 6.07) is 9.21. The lowest BCUT2D eigenvalue weighted by Crippen LogP contribution is -2.26. The number of hydrogen-bond acceptors (Lipinski definition) is 2. The van der Waals surface area contributed by atoms with Crippen LogP contribution in [0.4, 0.5) is 0 Å². The van der Waals surface area contributed by atoms with Gasteiger partial charge in [-0.15, -0.1) is 0 Å². The first kappa shape index (κ1) is 12.6. The zero-order valence-electron chi connectivity index (χ0n) is 10.9. The van der Waals surface area contributed by atoms with Crippen LogP contribution in [0.15, 0.2) is 24.3 Å². The van der Waals surface area contributed by atoms with E-state index in [4.69, 9.17) is 5.73 Å². The third kappa shape index (κ3) is 3.83. The van der Waals surface area contributed by atoms with Crippen molar-refractivity contribution < 1.29 is 0 Å². The molecule has 0 aliphatic carbocycles. The Labute approximate surface area is 105 Å². The lowest BCUT2D eigenvalue weighted by molar-refractivity contribution is 0.262. The summed E-state index contributed by atoms with van der Waals surface area (Å²) >= 11 is 0. The summed E-state index contributed by atoms with van der Waals surface area (Å²) in [5.74, 6) is 0. The fourth-order valence-electron chi connectivity index (χ4n) is 2.60. The van der Waals surface area contributed by atoms with Gasteiger partial charge >= 0.3 is 0 Å². The summed E-state index contributed by atoms with van der Waals surface area (Å²) < 4.78 is 0. The summed E-state index contributed by atoms with van der Waals surface area (Å²) in [5.41, 5.74) is 8.86. The predicted octanol–water partition coefficient (Wildman–Crippen LogP) is 2.56.